The molecule has 1 aliphatic heterocycles. The molecule has 1 fully saturated rings. The molecule has 66 valence electrons. The number of likely N-dealkylation sites (tertiary alicyclic amines) is 1. The van der Waals surface area contributed by atoms with E-state index in [9.17, 15) is 0 Å². The monoisotopic (exact) mass is 159 g/mol. The fraction of sp³-hybridized carbons (Fsp3) is 1.00. The minimum atomic E-state index is 0.298. The molecule has 1 atom stereocenters. The summed E-state index contributed by atoms with van der Waals surface area (Å²) in [5.74, 6) is 0. The summed E-state index contributed by atoms with van der Waals surface area (Å²) in [6, 6.07) is 0. The standard InChI is InChI=1S/C8H17NO2/c1-3-5-9-6-4-8(7-9)11-10-2/h8H,3-7H2,1-2H3/t8-/m1/s1. The molecular formula is C8H17NO2. The van der Waals surface area contributed by atoms with Gasteiger partial charge in [0.1, 0.15) is 6.10 Å². The summed E-state index contributed by atoms with van der Waals surface area (Å²) in [5.41, 5.74) is 0. The van der Waals surface area contributed by atoms with E-state index in [1.165, 1.54) is 13.0 Å². The van der Waals surface area contributed by atoms with E-state index in [-0.39, 0.29) is 0 Å². The SMILES string of the molecule is CCCN1CC[C@@H](OOC)C1. The predicted molar refractivity (Wildman–Crippen MR) is 43.2 cm³/mol. The van der Waals surface area contributed by atoms with Crippen LogP contribution in [-0.2, 0) is 9.78 Å². The Morgan fingerprint density at radius 2 is 2.36 bits per heavy atom. The third-order valence-electron chi connectivity index (χ3n) is 2.00. The Morgan fingerprint density at radius 3 is 3.00 bits per heavy atom. The molecule has 0 saturated carbocycles. The molecule has 3 heteroatoms. The van der Waals surface area contributed by atoms with Crippen LogP contribution in [0.3, 0.4) is 0 Å². The second kappa shape index (κ2) is 4.70. The zero-order valence-corrected chi connectivity index (χ0v) is 7.38. The Balaban J connectivity index is 2.12. The lowest BCUT2D eigenvalue weighted by Crippen LogP contribution is -2.23. The number of nitrogens with zero attached hydrogens (tertiary/aromatic N) is 1. The first-order valence-electron chi connectivity index (χ1n) is 4.28. The van der Waals surface area contributed by atoms with Gasteiger partial charge in [0.15, 0.2) is 0 Å². The fourth-order valence-corrected chi connectivity index (χ4v) is 1.53. The van der Waals surface area contributed by atoms with Gasteiger partial charge in [0, 0.05) is 13.1 Å². The van der Waals surface area contributed by atoms with Gasteiger partial charge < -0.3 is 4.90 Å². The first-order chi connectivity index (χ1) is 5.36. The molecule has 0 radical (unpaired) electrons. The van der Waals surface area contributed by atoms with Gasteiger partial charge in [-0.1, -0.05) is 6.92 Å². The first-order valence-corrected chi connectivity index (χ1v) is 4.28. The average Bonchev–Trinajstić information content (AvgIpc) is 2.38. The van der Waals surface area contributed by atoms with Crippen molar-refractivity contribution in [3.05, 3.63) is 0 Å². The maximum Gasteiger partial charge on any atom is 0.107 e. The van der Waals surface area contributed by atoms with E-state index in [1.54, 1.807) is 7.11 Å². The molecule has 0 spiro atoms. The third kappa shape index (κ3) is 2.77. The van der Waals surface area contributed by atoms with Crippen molar-refractivity contribution in [1.29, 1.82) is 0 Å². The predicted octanol–water partition coefficient (Wildman–Crippen LogP) is 1.05. The van der Waals surface area contributed by atoms with Crippen LogP contribution in [0.25, 0.3) is 0 Å². The molecule has 3 nitrogen and oxygen atoms in total. The summed E-state index contributed by atoms with van der Waals surface area (Å²) in [6.07, 6.45) is 2.62. The van der Waals surface area contributed by atoms with Crippen LogP contribution in [-0.4, -0.2) is 37.7 Å². The Labute approximate surface area is 68.2 Å². The maximum atomic E-state index is 5.04. The summed E-state index contributed by atoms with van der Waals surface area (Å²) < 4.78 is 0. The summed E-state index contributed by atoms with van der Waals surface area (Å²) in [4.78, 5) is 12.1. The highest BCUT2D eigenvalue weighted by Crippen LogP contribution is 2.12. The summed E-state index contributed by atoms with van der Waals surface area (Å²) in [6.45, 7) is 5.57. The molecule has 0 unspecified atom stereocenters. The van der Waals surface area contributed by atoms with Gasteiger partial charge in [0.2, 0.25) is 0 Å². The molecule has 1 aliphatic rings. The van der Waals surface area contributed by atoms with Crippen LogP contribution in [0.5, 0.6) is 0 Å². The number of rotatable bonds is 4. The zero-order valence-electron chi connectivity index (χ0n) is 7.38. The van der Waals surface area contributed by atoms with Crippen molar-refractivity contribution in [3.63, 3.8) is 0 Å². The zero-order chi connectivity index (χ0) is 8.10. The van der Waals surface area contributed by atoms with Crippen molar-refractivity contribution < 1.29 is 9.78 Å². The summed E-state index contributed by atoms with van der Waals surface area (Å²) in [7, 11) is 1.57. The van der Waals surface area contributed by atoms with Crippen LogP contribution in [0, 0.1) is 0 Å². The highest BCUT2D eigenvalue weighted by Gasteiger charge is 2.22. The Morgan fingerprint density at radius 1 is 1.55 bits per heavy atom. The second-order valence-electron chi connectivity index (χ2n) is 2.97. The van der Waals surface area contributed by atoms with Crippen LogP contribution in [0.4, 0.5) is 0 Å². The summed E-state index contributed by atoms with van der Waals surface area (Å²) in [5, 5.41) is 0. The highest BCUT2D eigenvalue weighted by atomic mass is 17.2. The molecule has 0 aromatic heterocycles. The quantitative estimate of drug-likeness (QED) is 0.452. The smallest absolute Gasteiger partial charge is 0.107 e. The lowest BCUT2D eigenvalue weighted by molar-refractivity contribution is -0.300. The first kappa shape index (κ1) is 8.97. The molecule has 11 heavy (non-hydrogen) atoms. The molecule has 0 N–H and O–H groups in total. The van der Waals surface area contributed by atoms with E-state index in [0.29, 0.717) is 6.10 Å². The normalized spacial score (nSPS) is 26.2. The van der Waals surface area contributed by atoms with Crippen molar-refractivity contribution in [2.45, 2.75) is 25.9 Å². The van der Waals surface area contributed by atoms with Gasteiger partial charge >= 0.3 is 0 Å². The topological polar surface area (TPSA) is 21.7 Å². The fourth-order valence-electron chi connectivity index (χ4n) is 1.53. The highest BCUT2D eigenvalue weighted by molar-refractivity contribution is 4.74. The van der Waals surface area contributed by atoms with Crippen LogP contribution in [0.1, 0.15) is 19.8 Å². The van der Waals surface area contributed by atoms with Crippen LogP contribution in [0.15, 0.2) is 0 Å². The molecule has 1 saturated heterocycles. The molecule has 0 aromatic carbocycles. The minimum Gasteiger partial charge on any atom is -0.301 e. The van der Waals surface area contributed by atoms with Gasteiger partial charge in [-0.2, -0.15) is 0 Å². The Kier molecular flexibility index (Phi) is 3.83. The van der Waals surface area contributed by atoms with Crippen molar-refractivity contribution in [3.8, 4) is 0 Å². The molecular weight excluding hydrogens is 142 g/mol. The number of hydrogen-bond acceptors (Lipinski definition) is 3. The van der Waals surface area contributed by atoms with Gasteiger partial charge in [-0.15, -0.1) is 0 Å². The van der Waals surface area contributed by atoms with E-state index in [2.05, 4.69) is 16.7 Å². The molecule has 0 bridgehead atoms. The summed E-state index contributed by atoms with van der Waals surface area (Å²) >= 11 is 0. The molecule has 0 amide bonds. The van der Waals surface area contributed by atoms with Gasteiger partial charge in [0.25, 0.3) is 0 Å². The Bertz CT molecular complexity index is 96.3. The van der Waals surface area contributed by atoms with Gasteiger partial charge in [-0.3, -0.25) is 0 Å². The van der Waals surface area contributed by atoms with Crippen molar-refractivity contribution >= 4 is 0 Å². The molecule has 1 rings (SSSR count). The van der Waals surface area contributed by atoms with E-state index in [1.807, 2.05) is 0 Å². The minimum absolute atomic E-state index is 0.298. The van der Waals surface area contributed by atoms with Gasteiger partial charge in [0.05, 0.1) is 7.11 Å². The van der Waals surface area contributed by atoms with Gasteiger partial charge in [-0.25, -0.2) is 9.78 Å². The molecule has 0 aliphatic carbocycles. The lowest BCUT2D eigenvalue weighted by Gasteiger charge is -2.13. The maximum absolute atomic E-state index is 5.04. The Hall–Kier alpha value is -0.120. The van der Waals surface area contributed by atoms with E-state index in [4.69, 9.17) is 4.89 Å². The van der Waals surface area contributed by atoms with Crippen molar-refractivity contribution in [1.82, 2.24) is 4.90 Å². The largest absolute Gasteiger partial charge is 0.301 e. The molecule has 0 aromatic rings. The lowest BCUT2D eigenvalue weighted by atomic mass is 10.3. The van der Waals surface area contributed by atoms with Crippen molar-refractivity contribution in [2.24, 2.45) is 0 Å². The van der Waals surface area contributed by atoms with E-state index < -0.39 is 0 Å². The van der Waals surface area contributed by atoms with E-state index >= 15 is 0 Å². The van der Waals surface area contributed by atoms with Gasteiger partial charge in [-0.05, 0) is 19.4 Å². The van der Waals surface area contributed by atoms with Crippen molar-refractivity contribution in [2.75, 3.05) is 26.7 Å². The van der Waals surface area contributed by atoms with Crippen LogP contribution >= 0.6 is 0 Å². The van der Waals surface area contributed by atoms with E-state index in [0.717, 1.165) is 19.5 Å². The molecule has 1 heterocycles. The second-order valence-corrected chi connectivity index (χ2v) is 2.97. The third-order valence-corrected chi connectivity index (χ3v) is 2.00. The van der Waals surface area contributed by atoms with Crippen LogP contribution < -0.4 is 0 Å². The average molecular weight is 159 g/mol. The van der Waals surface area contributed by atoms with Crippen LogP contribution in [0.2, 0.25) is 0 Å². The number of hydrogen-bond donors (Lipinski definition) is 0.